The first-order valence-electron chi connectivity index (χ1n) is 4.26. The summed E-state index contributed by atoms with van der Waals surface area (Å²) in [5.41, 5.74) is 0. The van der Waals surface area contributed by atoms with Crippen molar-refractivity contribution < 1.29 is 5.11 Å². The van der Waals surface area contributed by atoms with Crippen LogP contribution in [0.2, 0.25) is 0 Å². The normalized spacial score (nSPS) is 14.1. The minimum absolute atomic E-state index is 0.0881. The second-order valence-electron chi connectivity index (χ2n) is 2.76. The van der Waals surface area contributed by atoms with Crippen molar-refractivity contribution in [3.63, 3.8) is 0 Å². The van der Waals surface area contributed by atoms with Gasteiger partial charge >= 0.3 is 0 Å². The lowest BCUT2D eigenvalue weighted by Crippen LogP contribution is -2.26. The largest absolute Gasteiger partial charge is 0.381 e. The Bertz CT molecular complexity index is 102. The van der Waals surface area contributed by atoms with Gasteiger partial charge in [0.25, 0.3) is 0 Å². The molecule has 1 atom stereocenters. The molecule has 0 aliphatic carbocycles. The van der Waals surface area contributed by atoms with Crippen molar-refractivity contribution in [1.29, 1.82) is 0 Å². The predicted molar refractivity (Wildman–Crippen MR) is 48.3 cm³/mol. The van der Waals surface area contributed by atoms with Crippen LogP contribution >= 0.6 is 0 Å². The molecule has 0 unspecified atom stereocenters. The van der Waals surface area contributed by atoms with Crippen LogP contribution in [0.3, 0.4) is 0 Å². The Morgan fingerprint density at radius 3 is 2.82 bits per heavy atom. The molecule has 0 aliphatic rings. The molecule has 0 saturated carbocycles. The van der Waals surface area contributed by atoms with Gasteiger partial charge in [0.2, 0.25) is 0 Å². The van der Waals surface area contributed by atoms with E-state index in [1.165, 1.54) is 6.42 Å². The summed E-state index contributed by atoms with van der Waals surface area (Å²) in [6.45, 7) is 4.21. The highest BCUT2D eigenvalue weighted by molar-refractivity contribution is 4.76. The van der Waals surface area contributed by atoms with Crippen molar-refractivity contribution in [2.75, 3.05) is 6.73 Å². The van der Waals surface area contributed by atoms with Crippen LogP contribution in [0.5, 0.6) is 0 Å². The van der Waals surface area contributed by atoms with E-state index in [9.17, 15) is 0 Å². The van der Waals surface area contributed by atoms with Crippen LogP contribution in [0.25, 0.3) is 0 Å². The molecule has 2 nitrogen and oxygen atoms in total. The molecule has 0 spiro atoms. The summed E-state index contributed by atoms with van der Waals surface area (Å²) in [7, 11) is 0. The summed E-state index contributed by atoms with van der Waals surface area (Å²) in [5.74, 6) is 0. The van der Waals surface area contributed by atoms with Gasteiger partial charge in [0.05, 0.1) is 6.73 Å². The number of rotatable bonds is 6. The molecule has 0 bridgehead atoms. The average Bonchev–Trinajstić information content (AvgIpc) is 1.99. The van der Waals surface area contributed by atoms with Crippen molar-refractivity contribution in [3.05, 3.63) is 12.2 Å². The second-order valence-corrected chi connectivity index (χ2v) is 2.76. The molecule has 11 heavy (non-hydrogen) atoms. The lowest BCUT2D eigenvalue weighted by Gasteiger charge is -2.09. The van der Waals surface area contributed by atoms with Gasteiger partial charge in [-0.15, -0.1) is 0 Å². The SMILES string of the molecule is C/C=C\CCC[C@H](C)NCO. The molecule has 66 valence electrons. The molecule has 0 radical (unpaired) electrons. The summed E-state index contributed by atoms with van der Waals surface area (Å²) in [6.07, 6.45) is 7.72. The third-order valence-corrected chi connectivity index (χ3v) is 1.68. The number of hydrogen-bond donors (Lipinski definition) is 2. The highest BCUT2D eigenvalue weighted by Crippen LogP contribution is 2.00. The van der Waals surface area contributed by atoms with Gasteiger partial charge in [-0.1, -0.05) is 12.2 Å². The van der Waals surface area contributed by atoms with Gasteiger partial charge in [-0.05, 0) is 33.1 Å². The topological polar surface area (TPSA) is 32.3 Å². The van der Waals surface area contributed by atoms with E-state index in [1.807, 2.05) is 6.92 Å². The first-order valence-corrected chi connectivity index (χ1v) is 4.26. The Hall–Kier alpha value is -0.340. The average molecular weight is 157 g/mol. The van der Waals surface area contributed by atoms with Crippen LogP contribution in [0.15, 0.2) is 12.2 Å². The van der Waals surface area contributed by atoms with Crippen molar-refractivity contribution in [2.45, 2.75) is 39.2 Å². The van der Waals surface area contributed by atoms with E-state index in [4.69, 9.17) is 5.11 Å². The van der Waals surface area contributed by atoms with E-state index in [2.05, 4.69) is 24.4 Å². The fraction of sp³-hybridized carbons (Fsp3) is 0.778. The monoisotopic (exact) mass is 157 g/mol. The predicted octanol–water partition coefficient (Wildman–Crippen LogP) is 1.66. The highest BCUT2D eigenvalue weighted by Gasteiger charge is 1.96. The van der Waals surface area contributed by atoms with Crippen molar-refractivity contribution in [1.82, 2.24) is 5.32 Å². The Balaban J connectivity index is 3.10. The zero-order valence-electron chi connectivity index (χ0n) is 7.51. The van der Waals surface area contributed by atoms with Crippen molar-refractivity contribution in [3.8, 4) is 0 Å². The molecule has 0 aromatic carbocycles. The number of hydrogen-bond acceptors (Lipinski definition) is 2. The standard InChI is InChI=1S/C9H19NO/c1-3-4-5-6-7-9(2)10-8-11/h3-4,9-11H,5-8H2,1-2H3/b4-3-/t9-/m0/s1. The summed E-state index contributed by atoms with van der Waals surface area (Å²) in [5, 5.41) is 11.5. The minimum atomic E-state index is 0.0881. The van der Waals surface area contributed by atoms with E-state index < -0.39 is 0 Å². The summed E-state index contributed by atoms with van der Waals surface area (Å²) in [4.78, 5) is 0. The Morgan fingerprint density at radius 1 is 1.55 bits per heavy atom. The Labute approximate surface area is 69.3 Å². The van der Waals surface area contributed by atoms with Gasteiger partial charge in [0.15, 0.2) is 0 Å². The quantitative estimate of drug-likeness (QED) is 0.349. The number of unbranched alkanes of at least 4 members (excludes halogenated alkanes) is 1. The van der Waals surface area contributed by atoms with Crippen molar-refractivity contribution >= 4 is 0 Å². The summed E-state index contributed by atoms with van der Waals surface area (Å²) >= 11 is 0. The van der Waals surface area contributed by atoms with Gasteiger partial charge in [0, 0.05) is 6.04 Å². The summed E-state index contributed by atoms with van der Waals surface area (Å²) in [6, 6.07) is 0.435. The van der Waals surface area contributed by atoms with Gasteiger partial charge in [-0.2, -0.15) is 0 Å². The number of aliphatic hydroxyl groups is 1. The fourth-order valence-electron chi connectivity index (χ4n) is 0.966. The molecule has 2 heteroatoms. The fourth-order valence-corrected chi connectivity index (χ4v) is 0.966. The van der Waals surface area contributed by atoms with Gasteiger partial charge in [-0.25, -0.2) is 0 Å². The molecule has 0 aromatic heterocycles. The molecule has 0 saturated heterocycles. The summed E-state index contributed by atoms with van der Waals surface area (Å²) < 4.78 is 0. The molecule has 0 aromatic rings. The number of nitrogens with one attached hydrogen (secondary N) is 1. The maximum Gasteiger partial charge on any atom is 0.0933 e. The Kier molecular flexibility index (Phi) is 7.52. The lowest BCUT2D eigenvalue weighted by molar-refractivity contribution is 0.240. The molecule has 0 heterocycles. The molecule has 0 fully saturated rings. The first kappa shape index (κ1) is 10.7. The van der Waals surface area contributed by atoms with E-state index in [0.29, 0.717) is 6.04 Å². The molecular weight excluding hydrogens is 138 g/mol. The number of aliphatic hydroxyl groups excluding tert-OH is 1. The van der Waals surface area contributed by atoms with E-state index in [0.717, 1.165) is 12.8 Å². The van der Waals surface area contributed by atoms with Crippen molar-refractivity contribution in [2.24, 2.45) is 0 Å². The van der Waals surface area contributed by atoms with E-state index in [1.54, 1.807) is 0 Å². The maximum atomic E-state index is 8.51. The zero-order chi connectivity index (χ0) is 8.53. The molecular formula is C9H19NO. The van der Waals surface area contributed by atoms with Gasteiger partial charge < -0.3 is 5.11 Å². The Morgan fingerprint density at radius 2 is 2.27 bits per heavy atom. The van der Waals surface area contributed by atoms with Gasteiger partial charge in [-0.3, -0.25) is 5.32 Å². The van der Waals surface area contributed by atoms with Crippen LogP contribution in [0.4, 0.5) is 0 Å². The highest BCUT2D eigenvalue weighted by atomic mass is 16.3. The molecule has 0 rings (SSSR count). The van der Waals surface area contributed by atoms with E-state index >= 15 is 0 Å². The third-order valence-electron chi connectivity index (χ3n) is 1.68. The zero-order valence-corrected chi connectivity index (χ0v) is 7.51. The molecule has 0 amide bonds. The van der Waals surface area contributed by atoms with Crippen LogP contribution in [0, 0.1) is 0 Å². The van der Waals surface area contributed by atoms with Crippen LogP contribution < -0.4 is 5.32 Å². The maximum absolute atomic E-state index is 8.51. The molecule has 0 aliphatic heterocycles. The lowest BCUT2D eigenvalue weighted by atomic mass is 10.1. The van der Waals surface area contributed by atoms with Crippen LogP contribution in [-0.4, -0.2) is 17.9 Å². The number of allylic oxidation sites excluding steroid dienone is 2. The molecule has 2 N–H and O–H groups in total. The van der Waals surface area contributed by atoms with E-state index in [-0.39, 0.29) is 6.73 Å². The first-order chi connectivity index (χ1) is 5.31. The van der Waals surface area contributed by atoms with Gasteiger partial charge in [0.1, 0.15) is 0 Å². The van der Waals surface area contributed by atoms with Crippen LogP contribution in [0.1, 0.15) is 33.1 Å². The smallest absolute Gasteiger partial charge is 0.0933 e. The second kappa shape index (κ2) is 7.76. The third kappa shape index (κ3) is 7.56. The minimum Gasteiger partial charge on any atom is -0.381 e. The van der Waals surface area contributed by atoms with Crippen LogP contribution in [-0.2, 0) is 0 Å².